The number of carboxylic acids is 1. The van der Waals surface area contributed by atoms with E-state index in [2.05, 4.69) is 5.32 Å². The number of hydrogen-bond acceptors (Lipinski definition) is 2. The number of rotatable bonds is 5. The Labute approximate surface area is 141 Å². The molecule has 0 saturated heterocycles. The Bertz CT molecular complexity index is 619. The molecule has 2 N–H and O–H groups in total. The first-order valence-electron chi connectivity index (χ1n) is 8.77. The van der Waals surface area contributed by atoms with Crippen LogP contribution in [0.3, 0.4) is 0 Å². The Hall–Kier alpha value is -1.91. The normalized spacial score (nSPS) is 25.5. The molecule has 1 aromatic carbocycles. The summed E-state index contributed by atoms with van der Waals surface area (Å²) in [6.07, 6.45) is 5.98. The van der Waals surface area contributed by atoms with Crippen LogP contribution in [0.5, 0.6) is 0 Å². The second-order valence-electron chi connectivity index (χ2n) is 7.32. The Morgan fingerprint density at radius 2 is 1.83 bits per heavy atom. The number of amides is 1. The number of carbonyl (C=O) groups excluding carboxylic acids is 1. The maximum Gasteiger partial charge on any atom is 0.306 e. The lowest BCUT2D eigenvalue weighted by Gasteiger charge is -2.44. The van der Waals surface area contributed by atoms with Gasteiger partial charge in [-0.05, 0) is 69.1 Å². The fourth-order valence-corrected chi connectivity index (χ4v) is 3.95. The third-order valence-electron chi connectivity index (χ3n) is 5.58. The summed E-state index contributed by atoms with van der Waals surface area (Å²) in [4.78, 5) is 23.6. The zero-order chi connectivity index (χ0) is 17.2. The summed E-state index contributed by atoms with van der Waals surface area (Å²) in [5.74, 6) is -1.37. The van der Waals surface area contributed by atoms with E-state index in [-0.39, 0.29) is 29.1 Å². The van der Waals surface area contributed by atoms with Crippen molar-refractivity contribution in [3.05, 3.63) is 35.6 Å². The van der Waals surface area contributed by atoms with E-state index in [1.807, 2.05) is 6.07 Å². The van der Waals surface area contributed by atoms with E-state index in [0.29, 0.717) is 32.1 Å². The lowest BCUT2D eigenvalue weighted by molar-refractivity contribution is -0.144. The minimum absolute atomic E-state index is 0.0370. The fourth-order valence-electron chi connectivity index (χ4n) is 3.95. The van der Waals surface area contributed by atoms with E-state index in [4.69, 9.17) is 5.11 Å². The van der Waals surface area contributed by atoms with Crippen LogP contribution in [0.25, 0.3) is 0 Å². The third kappa shape index (κ3) is 3.77. The molecule has 0 aliphatic heterocycles. The number of halogens is 1. The molecule has 2 fully saturated rings. The highest BCUT2D eigenvalue weighted by Gasteiger charge is 2.40. The molecular formula is C19H24FNO3. The highest BCUT2D eigenvalue weighted by molar-refractivity contribution is 5.80. The summed E-state index contributed by atoms with van der Waals surface area (Å²) in [6, 6.07) is 6.56. The molecule has 0 bridgehead atoms. The predicted molar refractivity (Wildman–Crippen MR) is 87.9 cm³/mol. The summed E-state index contributed by atoms with van der Waals surface area (Å²) in [5.41, 5.74) is 0.652. The number of carbonyl (C=O) groups is 2. The summed E-state index contributed by atoms with van der Waals surface area (Å²) in [6.45, 7) is 0. The number of nitrogens with one attached hydrogen (secondary N) is 1. The highest BCUT2D eigenvalue weighted by Crippen LogP contribution is 2.37. The van der Waals surface area contributed by atoms with E-state index >= 15 is 0 Å². The largest absolute Gasteiger partial charge is 0.481 e. The van der Waals surface area contributed by atoms with Gasteiger partial charge in [0.05, 0.1) is 5.92 Å². The lowest BCUT2D eigenvalue weighted by atomic mass is 9.72. The number of hydrogen-bond donors (Lipinski definition) is 2. The molecule has 2 aliphatic rings. The maximum atomic E-state index is 13.4. The van der Waals surface area contributed by atoms with Gasteiger partial charge in [0.25, 0.3) is 0 Å². The quantitative estimate of drug-likeness (QED) is 0.869. The van der Waals surface area contributed by atoms with Gasteiger partial charge < -0.3 is 10.4 Å². The van der Waals surface area contributed by atoms with Crippen LogP contribution in [0, 0.1) is 17.7 Å². The number of carboxylic acid groups (broad SMARTS) is 1. The van der Waals surface area contributed by atoms with Crippen LogP contribution in [-0.4, -0.2) is 22.5 Å². The number of aliphatic carboxylic acids is 1. The van der Waals surface area contributed by atoms with Gasteiger partial charge in [-0.2, -0.15) is 0 Å². The summed E-state index contributed by atoms with van der Waals surface area (Å²) < 4.78 is 13.4. The highest BCUT2D eigenvalue weighted by atomic mass is 19.1. The van der Waals surface area contributed by atoms with Crippen molar-refractivity contribution >= 4 is 11.9 Å². The standard InChI is InChI=1S/C19H24FNO3/c20-16-4-1-3-13(11-16)12-19(9-2-10-19)21-17(22)14-5-7-15(8-6-14)18(23)24/h1,3-4,11,14-15H,2,5-10,12H2,(H,21,22)(H,23,24). The minimum Gasteiger partial charge on any atom is -0.481 e. The predicted octanol–water partition coefficient (Wildman–Crippen LogP) is 3.30. The number of benzene rings is 1. The summed E-state index contributed by atoms with van der Waals surface area (Å²) in [5, 5.41) is 12.3. The molecule has 130 valence electrons. The van der Waals surface area contributed by atoms with Crippen LogP contribution in [-0.2, 0) is 16.0 Å². The van der Waals surface area contributed by atoms with Crippen molar-refractivity contribution in [1.82, 2.24) is 5.32 Å². The second-order valence-corrected chi connectivity index (χ2v) is 7.32. The topological polar surface area (TPSA) is 66.4 Å². The first kappa shape index (κ1) is 16.9. The van der Waals surface area contributed by atoms with Crippen LogP contribution in [0.15, 0.2) is 24.3 Å². The molecule has 1 aromatic rings. The monoisotopic (exact) mass is 333 g/mol. The van der Waals surface area contributed by atoms with Crippen molar-refractivity contribution in [2.45, 2.75) is 56.9 Å². The molecule has 0 heterocycles. The smallest absolute Gasteiger partial charge is 0.306 e. The van der Waals surface area contributed by atoms with Gasteiger partial charge in [0.2, 0.25) is 5.91 Å². The Kier molecular flexibility index (Phi) is 4.88. The molecule has 2 saturated carbocycles. The average Bonchev–Trinajstić information content (AvgIpc) is 2.52. The molecule has 3 rings (SSSR count). The molecule has 0 unspecified atom stereocenters. The first-order valence-corrected chi connectivity index (χ1v) is 8.77. The van der Waals surface area contributed by atoms with Gasteiger partial charge in [0.15, 0.2) is 0 Å². The maximum absolute atomic E-state index is 13.4. The van der Waals surface area contributed by atoms with Gasteiger partial charge in [-0.25, -0.2) is 4.39 Å². The van der Waals surface area contributed by atoms with E-state index in [1.54, 1.807) is 6.07 Å². The van der Waals surface area contributed by atoms with Crippen molar-refractivity contribution in [2.24, 2.45) is 11.8 Å². The summed E-state index contributed by atoms with van der Waals surface area (Å²) >= 11 is 0. The zero-order valence-electron chi connectivity index (χ0n) is 13.8. The van der Waals surface area contributed by atoms with Crippen molar-refractivity contribution in [2.75, 3.05) is 0 Å². The molecule has 4 nitrogen and oxygen atoms in total. The first-order chi connectivity index (χ1) is 11.5. The Morgan fingerprint density at radius 1 is 1.17 bits per heavy atom. The van der Waals surface area contributed by atoms with Gasteiger partial charge >= 0.3 is 5.97 Å². The SMILES string of the molecule is O=C(O)C1CCC(C(=O)NC2(Cc3cccc(F)c3)CCC2)CC1. The fraction of sp³-hybridized carbons (Fsp3) is 0.579. The summed E-state index contributed by atoms with van der Waals surface area (Å²) in [7, 11) is 0. The molecule has 0 aromatic heterocycles. The minimum atomic E-state index is -0.754. The molecule has 0 radical (unpaired) electrons. The Balaban J connectivity index is 1.59. The molecule has 1 amide bonds. The molecule has 5 heteroatoms. The molecule has 0 atom stereocenters. The van der Waals surface area contributed by atoms with Gasteiger partial charge in [0, 0.05) is 11.5 Å². The van der Waals surface area contributed by atoms with Gasteiger partial charge in [-0.3, -0.25) is 9.59 Å². The van der Waals surface area contributed by atoms with E-state index < -0.39 is 5.97 Å². The second kappa shape index (κ2) is 6.91. The third-order valence-corrected chi connectivity index (χ3v) is 5.58. The Morgan fingerprint density at radius 3 is 2.38 bits per heavy atom. The van der Waals surface area contributed by atoms with Gasteiger partial charge in [0.1, 0.15) is 5.82 Å². The lowest BCUT2D eigenvalue weighted by Crippen LogP contribution is -2.56. The van der Waals surface area contributed by atoms with Gasteiger partial charge in [-0.1, -0.05) is 12.1 Å². The van der Waals surface area contributed by atoms with Crippen LogP contribution in [0.2, 0.25) is 0 Å². The molecule has 0 spiro atoms. The van der Waals surface area contributed by atoms with Crippen molar-refractivity contribution < 1.29 is 19.1 Å². The van der Waals surface area contributed by atoms with Crippen molar-refractivity contribution in [3.63, 3.8) is 0 Å². The van der Waals surface area contributed by atoms with E-state index in [0.717, 1.165) is 24.8 Å². The molecule has 2 aliphatic carbocycles. The average molecular weight is 333 g/mol. The van der Waals surface area contributed by atoms with Crippen LogP contribution < -0.4 is 5.32 Å². The van der Waals surface area contributed by atoms with Crippen molar-refractivity contribution in [1.29, 1.82) is 0 Å². The van der Waals surface area contributed by atoms with Crippen LogP contribution in [0.4, 0.5) is 4.39 Å². The zero-order valence-corrected chi connectivity index (χ0v) is 13.8. The van der Waals surface area contributed by atoms with Crippen LogP contribution in [0.1, 0.15) is 50.5 Å². The van der Waals surface area contributed by atoms with E-state index in [9.17, 15) is 14.0 Å². The van der Waals surface area contributed by atoms with Crippen molar-refractivity contribution in [3.8, 4) is 0 Å². The molecule has 24 heavy (non-hydrogen) atoms. The van der Waals surface area contributed by atoms with Crippen LogP contribution >= 0.6 is 0 Å². The molecular weight excluding hydrogens is 309 g/mol. The van der Waals surface area contributed by atoms with Gasteiger partial charge in [-0.15, -0.1) is 0 Å². The van der Waals surface area contributed by atoms with E-state index in [1.165, 1.54) is 12.1 Å².